The van der Waals surface area contributed by atoms with Crippen molar-refractivity contribution in [3.63, 3.8) is 0 Å². The summed E-state index contributed by atoms with van der Waals surface area (Å²) < 4.78 is 40.7. The number of aromatic nitrogens is 3. The van der Waals surface area contributed by atoms with E-state index in [0.717, 1.165) is 54.1 Å². The van der Waals surface area contributed by atoms with Gasteiger partial charge in [0.2, 0.25) is 0 Å². The lowest BCUT2D eigenvalue weighted by molar-refractivity contribution is -0.137. The lowest BCUT2D eigenvalue weighted by atomic mass is 9.92. The van der Waals surface area contributed by atoms with E-state index in [4.69, 9.17) is 0 Å². The van der Waals surface area contributed by atoms with Gasteiger partial charge in [0.1, 0.15) is 0 Å². The highest BCUT2D eigenvalue weighted by Crippen LogP contribution is 2.33. The fourth-order valence-electron chi connectivity index (χ4n) is 4.41. The number of benzene rings is 2. The topological polar surface area (TPSA) is 62.5 Å². The number of anilines is 2. The minimum atomic E-state index is -4.47. The van der Waals surface area contributed by atoms with Crippen molar-refractivity contribution in [1.29, 1.82) is 0 Å². The summed E-state index contributed by atoms with van der Waals surface area (Å²) in [6.07, 6.45) is 1.94. The van der Waals surface area contributed by atoms with Gasteiger partial charge in [-0.25, -0.2) is 9.50 Å². The first kappa shape index (κ1) is 21.9. The van der Waals surface area contributed by atoms with Gasteiger partial charge in [-0.1, -0.05) is 12.1 Å². The third kappa shape index (κ3) is 4.33. The molecule has 1 fully saturated rings. The number of amides is 1. The molecule has 9 heteroatoms. The molecule has 1 unspecified atom stereocenters. The number of fused-ring (bicyclic) bond motifs is 1. The Kier molecular flexibility index (Phi) is 5.47. The van der Waals surface area contributed by atoms with Crippen molar-refractivity contribution < 1.29 is 18.0 Å². The van der Waals surface area contributed by atoms with Crippen LogP contribution in [0.15, 0.2) is 67.1 Å². The van der Waals surface area contributed by atoms with E-state index in [1.165, 1.54) is 12.1 Å². The number of hydrogen-bond donors (Lipinski definition) is 1. The number of halogens is 3. The van der Waals surface area contributed by atoms with Gasteiger partial charge in [-0.15, -0.1) is 0 Å². The summed E-state index contributed by atoms with van der Waals surface area (Å²) in [7, 11) is 0. The molecule has 1 N–H and O–H groups in total. The number of alkyl halides is 3. The van der Waals surface area contributed by atoms with Gasteiger partial charge in [0, 0.05) is 36.3 Å². The van der Waals surface area contributed by atoms with E-state index in [1.54, 1.807) is 16.8 Å². The average Bonchev–Trinajstić information content (AvgIpc) is 3.48. The summed E-state index contributed by atoms with van der Waals surface area (Å²) in [5.74, 6) is -0.224. The summed E-state index contributed by atoms with van der Waals surface area (Å²) in [4.78, 5) is 19.5. The molecule has 0 aliphatic carbocycles. The van der Waals surface area contributed by atoms with E-state index < -0.39 is 17.6 Å². The van der Waals surface area contributed by atoms with Gasteiger partial charge < -0.3 is 10.2 Å². The molecule has 1 amide bonds. The molecule has 1 saturated heterocycles. The van der Waals surface area contributed by atoms with Crippen LogP contribution in [-0.2, 0) is 6.18 Å². The third-order valence-corrected chi connectivity index (χ3v) is 6.22. The molecule has 3 heterocycles. The zero-order chi connectivity index (χ0) is 23.9. The summed E-state index contributed by atoms with van der Waals surface area (Å²) >= 11 is 0. The van der Waals surface area contributed by atoms with Crippen LogP contribution in [0.1, 0.15) is 39.4 Å². The van der Waals surface area contributed by atoms with E-state index in [9.17, 15) is 18.0 Å². The summed E-state index contributed by atoms with van der Waals surface area (Å²) in [5, 5.41) is 6.84. The number of carbonyl (C=O) groups excluding carboxylic acids is 1. The maximum atomic E-state index is 13.0. The Hall–Kier alpha value is -3.88. The molecule has 0 saturated carbocycles. The lowest BCUT2D eigenvalue weighted by Crippen LogP contribution is -2.20. The van der Waals surface area contributed by atoms with Crippen LogP contribution < -0.4 is 10.2 Å². The summed E-state index contributed by atoms with van der Waals surface area (Å²) in [5.41, 5.74) is 3.62. The predicted octanol–water partition coefficient (Wildman–Crippen LogP) is 5.30. The van der Waals surface area contributed by atoms with Crippen molar-refractivity contribution in [2.24, 2.45) is 0 Å². The quantitative estimate of drug-likeness (QED) is 0.444. The number of nitrogens with one attached hydrogen (secondary N) is 1. The highest BCUT2D eigenvalue weighted by atomic mass is 19.4. The Morgan fingerprint density at radius 3 is 2.82 bits per heavy atom. The van der Waals surface area contributed by atoms with Gasteiger partial charge in [0.15, 0.2) is 5.65 Å². The van der Waals surface area contributed by atoms with E-state index in [-0.39, 0.29) is 11.6 Å². The predicted molar refractivity (Wildman–Crippen MR) is 123 cm³/mol. The maximum absolute atomic E-state index is 13.0. The van der Waals surface area contributed by atoms with Gasteiger partial charge in [-0.2, -0.15) is 18.3 Å². The Labute approximate surface area is 194 Å². The van der Waals surface area contributed by atoms with E-state index >= 15 is 0 Å². The average molecular weight is 465 g/mol. The monoisotopic (exact) mass is 465 g/mol. The highest BCUT2D eigenvalue weighted by Gasteiger charge is 2.30. The van der Waals surface area contributed by atoms with Crippen LogP contribution in [0.2, 0.25) is 0 Å². The second-order valence-electron chi connectivity index (χ2n) is 8.48. The van der Waals surface area contributed by atoms with Crippen molar-refractivity contribution in [1.82, 2.24) is 14.6 Å². The van der Waals surface area contributed by atoms with E-state index in [0.29, 0.717) is 5.56 Å². The van der Waals surface area contributed by atoms with Crippen molar-refractivity contribution in [2.75, 3.05) is 23.3 Å². The number of carbonyl (C=O) groups is 1. The first-order valence-electron chi connectivity index (χ1n) is 10.9. The minimum Gasteiger partial charge on any atom is -0.368 e. The number of aryl methyl sites for hydroxylation is 1. The smallest absolute Gasteiger partial charge is 0.368 e. The lowest BCUT2D eigenvalue weighted by Gasteiger charge is -2.19. The molecule has 4 aromatic rings. The van der Waals surface area contributed by atoms with Crippen LogP contribution >= 0.6 is 0 Å². The molecule has 34 heavy (non-hydrogen) atoms. The third-order valence-electron chi connectivity index (χ3n) is 6.22. The molecule has 2 aromatic heterocycles. The van der Waals surface area contributed by atoms with Crippen molar-refractivity contribution in [3.8, 4) is 0 Å². The standard InChI is InChI=1S/C25H22F3N5O/c1-16-5-6-17(24(34)31-20-4-2-3-19(12-20)25(26,27)28)11-22(16)18-8-10-32(14-18)21-13-29-23-7-9-30-33(23)15-21/h2-7,9,11-13,15,18H,8,10,14H2,1H3,(H,31,34). The summed E-state index contributed by atoms with van der Waals surface area (Å²) in [6.45, 7) is 3.62. The molecule has 174 valence electrons. The molecule has 1 aliphatic rings. The van der Waals surface area contributed by atoms with E-state index in [1.807, 2.05) is 37.5 Å². The fourth-order valence-corrected chi connectivity index (χ4v) is 4.41. The molecule has 1 aliphatic heterocycles. The molecule has 1 atom stereocenters. The molecule has 0 spiro atoms. The van der Waals surface area contributed by atoms with Gasteiger partial charge in [0.25, 0.3) is 5.91 Å². The Bertz CT molecular complexity index is 1360. The zero-order valence-corrected chi connectivity index (χ0v) is 18.4. The van der Waals surface area contributed by atoms with Crippen molar-refractivity contribution >= 4 is 22.9 Å². The highest BCUT2D eigenvalue weighted by molar-refractivity contribution is 6.04. The van der Waals surface area contributed by atoms with Crippen LogP contribution in [0.4, 0.5) is 24.5 Å². The first-order valence-corrected chi connectivity index (χ1v) is 10.9. The largest absolute Gasteiger partial charge is 0.416 e. The minimum absolute atomic E-state index is 0.107. The van der Waals surface area contributed by atoms with Crippen molar-refractivity contribution in [2.45, 2.75) is 25.4 Å². The van der Waals surface area contributed by atoms with Crippen LogP contribution in [0.3, 0.4) is 0 Å². The van der Waals surface area contributed by atoms with Gasteiger partial charge >= 0.3 is 6.18 Å². The van der Waals surface area contributed by atoms with Gasteiger partial charge in [-0.3, -0.25) is 4.79 Å². The van der Waals surface area contributed by atoms with Crippen molar-refractivity contribution in [3.05, 3.63) is 89.4 Å². The molecule has 5 rings (SSSR count). The fraction of sp³-hybridized carbons (Fsp3) is 0.240. The second-order valence-corrected chi connectivity index (χ2v) is 8.48. The van der Waals surface area contributed by atoms with Crippen LogP contribution in [0.25, 0.3) is 5.65 Å². The molecular formula is C25H22F3N5O. The Balaban J connectivity index is 1.33. The SMILES string of the molecule is Cc1ccc(C(=O)Nc2cccc(C(F)(F)F)c2)cc1C1CCN(c2cnc3ccnn3c2)C1. The molecule has 0 radical (unpaired) electrons. The molecule has 0 bridgehead atoms. The normalized spacial score (nSPS) is 16.2. The van der Waals surface area contributed by atoms with Crippen LogP contribution in [-0.4, -0.2) is 33.6 Å². The van der Waals surface area contributed by atoms with E-state index in [2.05, 4.69) is 20.3 Å². The maximum Gasteiger partial charge on any atom is 0.416 e. The molecule has 2 aromatic carbocycles. The van der Waals surface area contributed by atoms with Crippen LogP contribution in [0, 0.1) is 6.92 Å². The number of rotatable bonds is 4. The molecular weight excluding hydrogens is 443 g/mol. The molecule has 6 nitrogen and oxygen atoms in total. The Morgan fingerprint density at radius 1 is 1.15 bits per heavy atom. The van der Waals surface area contributed by atoms with Crippen LogP contribution in [0.5, 0.6) is 0 Å². The number of hydrogen-bond acceptors (Lipinski definition) is 4. The number of nitrogens with zero attached hydrogens (tertiary/aromatic N) is 4. The Morgan fingerprint density at radius 2 is 2.00 bits per heavy atom. The zero-order valence-electron chi connectivity index (χ0n) is 18.4. The summed E-state index contributed by atoms with van der Waals surface area (Å²) in [6, 6.07) is 11.9. The second kappa shape index (κ2) is 8.48. The first-order chi connectivity index (χ1) is 16.3. The van der Waals surface area contributed by atoms with Gasteiger partial charge in [-0.05, 0) is 54.8 Å². The van der Waals surface area contributed by atoms with Gasteiger partial charge in [0.05, 0.1) is 29.8 Å².